The Bertz CT molecular complexity index is 1110. The number of rotatable bonds is 2. The van der Waals surface area contributed by atoms with Crippen molar-refractivity contribution in [2.75, 3.05) is 0 Å². The molecular weight excluding hydrogens is 359 g/mol. The number of aromatic amines is 1. The molecule has 3 heterocycles. The largest absolute Gasteiger partial charge is 0.440 e. The number of halogens is 5. The zero-order valence-corrected chi connectivity index (χ0v) is 13.0. The molecule has 0 saturated heterocycles. The fraction of sp³-hybridized carbons (Fsp3) is 0.188. The molecule has 3 aromatic heterocycles. The molecule has 1 N–H and O–H groups in total. The van der Waals surface area contributed by atoms with Gasteiger partial charge in [-0.15, -0.1) is 0 Å². The molecule has 10 heteroatoms. The van der Waals surface area contributed by atoms with Gasteiger partial charge in [0.25, 0.3) is 5.92 Å². The summed E-state index contributed by atoms with van der Waals surface area (Å²) in [5.41, 5.74) is -1.94. The third-order valence-electron chi connectivity index (χ3n) is 3.87. The molecule has 134 valence electrons. The lowest BCUT2D eigenvalue weighted by atomic mass is 10.0. The standard InChI is InChI=1S/C16H9F5N4O/c1-15(17,18)8-4-11(16(19,20)21)24-12-7(8)2-3-9-13(12)25-14(23-9)10-5-22-6-26-10/h2-6,24H,1H3. The number of oxazole rings is 1. The van der Waals surface area contributed by atoms with Crippen molar-refractivity contribution in [2.24, 2.45) is 0 Å². The summed E-state index contributed by atoms with van der Waals surface area (Å²) in [5.74, 6) is -3.17. The molecule has 5 nitrogen and oxygen atoms in total. The second-order valence-electron chi connectivity index (χ2n) is 5.75. The average molecular weight is 368 g/mol. The number of nitrogens with one attached hydrogen (secondary N) is 1. The Morgan fingerprint density at radius 1 is 1.08 bits per heavy atom. The van der Waals surface area contributed by atoms with Gasteiger partial charge in [-0.05, 0) is 12.1 Å². The summed E-state index contributed by atoms with van der Waals surface area (Å²) in [4.78, 5) is 14.2. The van der Waals surface area contributed by atoms with Gasteiger partial charge in [-0.3, -0.25) is 0 Å². The van der Waals surface area contributed by atoms with E-state index in [0.717, 1.165) is 6.39 Å². The van der Waals surface area contributed by atoms with Gasteiger partial charge >= 0.3 is 6.18 Å². The molecule has 0 fully saturated rings. The summed E-state index contributed by atoms with van der Waals surface area (Å²) in [5, 5.41) is -0.0676. The fourth-order valence-electron chi connectivity index (χ4n) is 2.72. The van der Waals surface area contributed by atoms with Crippen LogP contribution in [0.15, 0.2) is 35.2 Å². The van der Waals surface area contributed by atoms with E-state index in [2.05, 4.69) is 19.9 Å². The Hall–Kier alpha value is -3.04. The Morgan fingerprint density at radius 3 is 2.46 bits per heavy atom. The average Bonchev–Trinajstić information content (AvgIpc) is 3.20. The molecule has 1 aromatic carbocycles. The van der Waals surface area contributed by atoms with Gasteiger partial charge in [0.1, 0.15) is 11.2 Å². The van der Waals surface area contributed by atoms with E-state index in [1.807, 2.05) is 0 Å². The van der Waals surface area contributed by atoms with Crippen LogP contribution in [0.4, 0.5) is 22.0 Å². The monoisotopic (exact) mass is 368 g/mol. The smallest absolute Gasteiger partial charge is 0.431 e. The number of benzene rings is 1. The minimum atomic E-state index is -4.83. The van der Waals surface area contributed by atoms with E-state index in [0.29, 0.717) is 13.0 Å². The van der Waals surface area contributed by atoms with Crippen LogP contribution in [-0.4, -0.2) is 19.9 Å². The summed E-state index contributed by atoms with van der Waals surface area (Å²) in [6.45, 7) is 0.544. The van der Waals surface area contributed by atoms with Crippen LogP contribution >= 0.6 is 0 Å². The number of hydrogen-bond donors (Lipinski definition) is 1. The second kappa shape index (κ2) is 5.23. The number of imidazole rings is 1. The van der Waals surface area contributed by atoms with Crippen LogP contribution in [0.5, 0.6) is 0 Å². The van der Waals surface area contributed by atoms with E-state index in [4.69, 9.17) is 4.42 Å². The predicted octanol–water partition coefficient (Wildman–Crippen LogP) is 4.90. The lowest BCUT2D eigenvalue weighted by Gasteiger charge is -2.17. The van der Waals surface area contributed by atoms with E-state index in [-0.39, 0.29) is 33.5 Å². The zero-order chi connectivity index (χ0) is 18.7. The molecule has 0 spiro atoms. The molecule has 0 unspecified atom stereocenters. The van der Waals surface area contributed by atoms with E-state index in [9.17, 15) is 22.0 Å². The maximum Gasteiger partial charge on any atom is 0.431 e. The van der Waals surface area contributed by atoms with Gasteiger partial charge in [0, 0.05) is 17.9 Å². The molecule has 0 aliphatic rings. The molecule has 0 saturated carbocycles. The van der Waals surface area contributed by atoms with Crippen molar-refractivity contribution < 1.29 is 26.4 Å². The van der Waals surface area contributed by atoms with Crippen molar-refractivity contribution >= 4 is 21.9 Å². The molecule has 0 aliphatic heterocycles. The van der Waals surface area contributed by atoms with Gasteiger partial charge in [0.15, 0.2) is 18.0 Å². The Morgan fingerprint density at radius 2 is 1.85 bits per heavy atom. The van der Waals surface area contributed by atoms with Crippen LogP contribution in [0, 0.1) is 0 Å². The Balaban J connectivity index is 2.09. The van der Waals surface area contributed by atoms with Crippen molar-refractivity contribution in [3.8, 4) is 11.6 Å². The highest BCUT2D eigenvalue weighted by Crippen LogP contribution is 2.39. The van der Waals surface area contributed by atoms with Gasteiger partial charge in [0.05, 0.1) is 17.2 Å². The van der Waals surface area contributed by atoms with Crippen LogP contribution in [0.3, 0.4) is 0 Å². The van der Waals surface area contributed by atoms with Gasteiger partial charge in [-0.2, -0.15) is 13.2 Å². The molecule has 4 aromatic rings. The highest BCUT2D eigenvalue weighted by atomic mass is 19.4. The first kappa shape index (κ1) is 16.4. The molecule has 0 bridgehead atoms. The number of aromatic nitrogens is 4. The minimum absolute atomic E-state index is 0.0329. The van der Waals surface area contributed by atoms with Gasteiger partial charge in [0.2, 0.25) is 0 Å². The highest BCUT2D eigenvalue weighted by Gasteiger charge is 2.36. The summed E-state index contributed by atoms with van der Waals surface area (Å²) in [6, 6.07) is 3.13. The number of alkyl halides is 5. The summed E-state index contributed by atoms with van der Waals surface area (Å²) < 4.78 is 72.5. The summed E-state index contributed by atoms with van der Waals surface area (Å²) in [6.07, 6.45) is -2.34. The van der Waals surface area contributed by atoms with Crippen molar-refractivity contribution in [3.05, 3.63) is 42.0 Å². The van der Waals surface area contributed by atoms with E-state index in [1.165, 1.54) is 18.3 Å². The topological polar surface area (TPSA) is 67.6 Å². The molecule has 0 aliphatic carbocycles. The Kier molecular flexibility index (Phi) is 3.30. The SMILES string of the molecule is CC(F)(F)c1cc(C(F)(F)F)[nH]c2c1ccc1nc(-c3cnco3)nc12. The van der Waals surface area contributed by atoms with Crippen LogP contribution in [-0.2, 0) is 12.1 Å². The third kappa shape index (κ3) is 2.57. The molecule has 0 atom stereocenters. The van der Waals surface area contributed by atoms with E-state index < -0.39 is 23.4 Å². The first-order valence-corrected chi connectivity index (χ1v) is 7.32. The fourth-order valence-corrected chi connectivity index (χ4v) is 2.72. The number of pyridine rings is 1. The summed E-state index contributed by atoms with van der Waals surface area (Å²) >= 11 is 0. The number of nitrogens with zero attached hydrogens (tertiary/aromatic N) is 3. The van der Waals surface area contributed by atoms with Crippen LogP contribution in [0.25, 0.3) is 33.5 Å². The van der Waals surface area contributed by atoms with Crippen LogP contribution < -0.4 is 0 Å². The second-order valence-corrected chi connectivity index (χ2v) is 5.75. The zero-order valence-electron chi connectivity index (χ0n) is 13.0. The maximum atomic E-state index is 13.9. The van der Waals surface area contributed by atoms with Crippen molar-refractivity contribution in [1.29, 1.82) is 0 Å². The van der Waals surface area contributed by atoms with E-state index >= 15 is 0 Å². The molecule has 4 rings (SSSR count). The summed E-state index contributed by atoms with van der Waals surface area (Å²) in [7, 11) is 0. The number of hydrogen-bond acceptors (Lipinski definition) is 4. The molecule has 0 radical (unpaired) electrons. The highest BCUT2D eigenvalue weighted by molar-refractivity contribution is 6.04. The molecule has 26 heavy (non-hydrogen) atoms. The Labute approximate surface area is 141 Å². The maximum absolute atomic E-state index is 13.9. The van der Waals surface area contributed by atoms with Crippen LogP contribution in [0.2, 0.25) is 0 Å². The minimum Gasteiger partial charge on any atom is -0.440 e. The van der Waals surface area contributed by atoms with Crippen LogP contribution in [0.1, 0.15) is 18.2 Å². The molecular formula is C16H9F5N4O. The van der Waals surface area contributed by atoms with Gasteiger partial charge in [-0.1, -0.05) is 6.07 Å². The van der Waals surface area contributed by atoms with Crippen molar-refractivity contribution in [3.63, 3.8) is 0 Å². The van der Waals surface area contributed by atoms with E-state index in [1.54, 1.807) is 0 Å². The number of H-pyrrole nitrogens is 1. The lowest BCUT2D eigenvalue weighted by molar-refractivity contribution is -0.141. The lowest BCUT2D eigenvalue weighted by Crippen LogP contribution is -2.14. The predicted molar refractivity (Wildman–Crippen MR) is 81.5 cm³/mol. The van der Waals surface area contributed by atoms with Gasteiger partial charge in [-0.25, -0.2) is 23.7 Å². The van der Waals surface area contributed by atoms with Crippen molar-refractivity contribution in [1.82, 2.24) is 19.9 Å². The third-order valence-corrected chi connectivity index (χ3v) is 3.87. The normalized spacial score (nSPS) is 13.0. The first-order valence-electron chi connectivity index (χ1n) is 7.32. The van der Waals surface area contributed by atoms with Crippen molar-refractivity contribution in [2.45, 2.75) is 19.0 Å². The molecule has 0 amide bonds. The quantitative estimate of drug-likeness (QED) is 0.511. The first-order chi connectivity index (χ1) is 12.1. The number of fused-ring (bicyclic) bond motifs is 3. The van der Waals surface area contributed by atoms with Gasteiger partial charge < -0.3 is 9.40 Å².